The normalized spacial score (nSPS) is 9.31. The standard InChI is InChI=1S/C8H9BrN2O2/c1-2-10-5-13-7-3-6(9)4-11-8(7)12/h2-4,10H,1,5H2,(H,11,12). The molecule has 0 amide bonds. The largest absolute Gasteiger partial charge is 0.468 e. The van der Waals surface area contributed by atoms with Crippen LogP contribution in [0.5, 0.6) is 5.75 Å². The van der Waals surface area contributed by atoms with E-state index in [0.717, 1.165) is 4.47 Å². The molecule has 13 heavy (non-hydrogen) atoms. The van der Waals surface area contributed by atoms with Gasteiger partial charge in [0.15, 0.2) is 12.5 Å². The van der Waals surface area contributed by atoms with Crippen LogP contribution >= 0.6 is 15.9 Å². The third kappa shape index (κ3) is 2.95. The zero-order valence-corrected chi connectivity index (χ0v) is 8.43. The Bertz CT molecular complexity index is 348. The first kappa shape index (κ1) is 9.85. The minimum Gasteiger partial charge on any atom is -0.468 e. The fourth-order valence-electron chi connectivity index (χ4n) is 0.724. The summed E-state index contributed by atoms with van der Waals surface area (Å²) >= 11 is 3.21. The molecule has 4 nitrogen and oxygen atoms in total. The highest BCUT2D eigenvalue weighted by atomic mass is 79.9. The minimum atomic E-state index is -0.255. The number of rotatable bonds is 4. The van der Waals surface area contributed by atoms with E-state index in [9.17, 15) is 4.79 Å². The predicted molar refractivity (Wildman–Crippen MR) is 53.6 cm³/mol. The fourth-order valence-corrected chi connectivity index (χ4v) is 1.05. The van der Waals surface area contributed by atoms with Gasteiger partial charge in [-0.05, 0) is 22.1 Å². The van der Waals surface area contributed by atoms with Gasteiger partial charge in [-0.3, -0.25) is 4.79 Å². The lowest BCUT2D eigenvalue weighted by Crippen LogP contribution is -2.18. The summed E-state index contributed by atoms with van der Waals surface area (Å²) in [5.41, 5.74) is -0.255. The summed E-state index contributed by atoms with van der Waals surface area (Å²) in [7, 11) is 0. The molecule has 0 saturated carbocycles. The van der Waals surface area contributed by atoms with E-state index in [1.165, 1.54) is 6.20 Å². The summed E-state index contributed by atoms with van der Waals surface area (Å²) in [6.45, 7) is 3.67. The van der Waals surface area contributed by atoms with Gasteiger partial charge in [0, 0.05) is 16.7 Å². The molecule has 2 N–H and O–H groups in total. The number of hydrogen-bond donors (Lipinski definition) is 2. The topological polar surface area (TPSA) is 54.1 Å². The monoisotopic (exact) mass is 244 g/mol. The van der Waals surface area contributed by atoms with Gasteiger partial charge in [0.05, 0.1) is 0 Å². The van der Waals surface area contributed by atoms with Gasteiger partial charge < -0.3 is 15.0 Å². The highest BCUT2D eigenvalue weighted by molar-refractivity contribution is 9.10. The maximum absolute atomic E-state index is 11.1. The zero-order chi connectivity index (χ0) is 9.68. The van der Waals surface area contributed by atoms with Crippen LogP contribution in [-0.2, 0) is 0 Å². The smallest absolute Gasteiger partial charge is 0.290 e. The zero-order valence-electron chi connectivity index (χ0n) is 6.84. The van der Waals surface area contributed by atoms with Gasteiger partial charge in [0.2, 0.25) is 0 Å². The first-order valence-corrected chi connectivity index (χ1v) is 4.38. The van der Waals surface area contributed by atoms with Crippen molar-refractivity contribution in [3.63, 3.8) is 0 Å². The van der Waals surface area contributed by atoms with Gasteiger partial charge in [-0.25, -0.2) is 0 Å². The van der Waals surface area contributed by atoms with Crippen LogP contribution in [0.1, 0.15) is 0 Å². The molecule has 0 aromatic carbocycles. The predicted octanol–water partition coefficient (Wildman–Crippen LogP) is 1.21. The lowest BCUT2D eigenvalue weighted by atomic mass is 10.4. The lowest BCUT2D eigenvalue weighted by molar-refractivity contribution is 0.298. The van der Waals surface area contributed by atoms with E-state index >= 15 is 0 Å². The van der Waals surface area contributed by atoms with E-state index < -0.39 is 0 Å². The van der Waals surface area contributed by atoms with Crippen LogP contribution in [0.3, 0.4) is 0 Å². The van der Waals surface area contributed by atoms with Gasteiger partial charge in [0.25, 0.3) is 5.56 Å². The van der Waals surface area contributed by atoms with Crippen LogP contribution in [0.4, 0.5) is 0 Å². The number of halogens is 1. The SMILES string of the molecule is C=CNCOc1cc(Br)c[nH]c1=O. The number of nitrogens with one attached hydrogen (secondary N) is 2. The van der Waals surface area contributed by atoms with E-state index in [1.807, 2.05) is 0 Å². The average Bonchev–Trinajstić information content (AvgIpc) is 2.11. The maximum Gasteiger partial charge on any atom is 0.290 e. The minimum absolute atomic E-state index is 0.225. The Balaban J connectivity index is 2.70. The van der Waals surface area contributed by atoms with Crippen molar-refractivity contribution in [3.05, 3.63) is 39.9 Å². The van der Waals surface area contributed by atoms with Crippen LogP contribution in [0.15, 0.2) is 34.3 Å². The van der Waals surface area contributed by atoms with Crippen LogP contribution < -0.4 is 15.6 Å². The van der Waals surface area contributed by atoms with Crippen LogP contribution in [-0.4, -0.2) is 11.7 Å². The summed E-state index contributed by atoms with van der Waals surface area (Å²) in [6, 6.07) is 1.60. The molecule has 0 unspecified atom stereocenters. The Morgan fingerprint density at radius 1 is 1.77 bits per heavy atom. The van der Waals surface area contributed by atoms with Gasteiger partial charge in [-0.1, -0.05) is 6.58 Å². The average molecular weight is 245 g/mol. The van der Waals surface area contributed by atoms with Crippen LogP contribution in [0.2, 0.25) is 0 Å². The van der Waals surface area contributed by atoms with E-state index in [1.54, 1.807) is 12.3 Å². The second-order valence-corrected chi connectivity index (χ2v) is 3.12. The highest BCUT2D eigenvalue weighted by Gasteiger charge is 1.99. The van der Waals surface area contributed by atoms with E-state index in [2.05, 4.69) is 32.8 Å². The Hall–Kier alpha value is -1.23. The molecule has 0 aliphatic heterocycles. The van der Waals surface area contributed by atoms with Crippen molar-refractivity contribution in [2.75, 3.05) is 6.73 Å². The van der Waals surface area contributed by atoms with E-state index in [-0.39, 0.29) is 18.0 Å². The van der Waals surface area contributed by atoms with Crippen molar-refractivity contribution < 1.29 is 4.74 Å². The number of aromatic nitrogens is 1. The van der Waals surface area contributed by atoms with Crippen LogP contribution in [0, 0.1) is 0 Å². The van der Waals surface area contributed by atoms with Crippen molar-refractivity contribution in [1.82, 2.24) is 10.3 Å². The molecule has 1 aromatic heterocycles. The van der Waals surface area contributed by atoms with Crippen LogP contribution in [0.25, 0.3) is 0 Å². The number of aromatic amines is 1. The van der Waals surface area contributed by atoms with Crippen molar-refractivity contribution in [2.45, 2.75) is 0 Å². The molecule has 0 spiro atoms. The molecule has 5 heteroatoms. The molecule has 0 bridgehead atoms. The van der Waals surface area contributed by atoms with Gasteiger partial charge in [0.1, 0.15) is 0 Å². The Labute approximate surface area is 83.7 Å². The molecule has 1 heterocycles. The first-order valence-electron chi connectivity index (χ1n) is 3.59. The van der Waals surface area contributed by atoms with Gasteiger partial charge in [-0.15, -0.1) is 0 Å². The lowest BCUT2D eigenvalue weighted by Gasteiger charge is -2.04. The van der Waals surface area contributed by atoms with E-state index in [0.29, 0.717) is 0 Å². The molecular weight excluding hydrogens is 236 g/mol. The number of pyridine rings is 1. The van der Waals surface area contributed by atoms with Crippen molar-refractivity contribution in [2.24, 2.45) is 0 Å². The molecule has 1 rings (SSSR count). The Morgan fingerprint density at radius 3 is 3.23 bits per heavy atom. The maximum atomic E-state index is 11.1. The molecule has 0 aliphatic rings. The summed E-state index contributed by atoms with van der Waals surface area (Å²) in [4.78, 5) is 13.6. The molecule has 1 aromatic rings. The molecule has 0 radical (unpaired) electrons. The summed E-state index contributed by atoms with van der Waals surface area (Å²) in [5.74, 6) is 0.267. The van der Waals surface area contributed by atoms with Crippen molar-refractivity contribution in [3.8, 4) is 5.75 Å². The second kappa shape index (κ2) is 4.71. The summed E-state index contributed by atoms with van der Waals surface area (Å²) in [5, 5.41) is 2.72. The van der Waals surface area contributed by atoms with Crippen molar-refractivity contribution >= 4 is 15.9 Å². The Kier molecular flexibility index (Phi) is 3.57. The molecule has 0 aliphatic carbocycles. The quantitative estimate of drug-likeness (QED) is 0.619. The summed E-state index contributed by atoms with van der Waals surface area (Å²) < 4.78 is 5.87. The molecule has 0 fully saturated rings. The molecule has 0 atom stereocenters. The first-order chi connectivity index (χ1) is 6.24. The van der Waals surface area contributed by atoms with Gasteiger partial charge >= 0.3 is 0 Å². The second-order valence-electron chi connectivity index (χ2n) is 2.21. The number of H-pyrrole nitrogens is 1. The third-order valence-electron chi connectivity index (χ3n) is 1.29. The third-order valence-corrected chi connectivity index (χ3v) is 1.75. The molecule has 70 valence electrons. The Morgan fingerprint density at radius 2 is 2.54 bits per heavy atom. The fraction of sp³-hybridized carbons (Fsp3) is 0.125. The summed E-state index contributed by atoms with van der Waals surface area (Å²) in [6.07, 6.45) is 3.04. The highest BCUT2D eigenvalue weighted by Crippen LogP contribution is 2.11. The number of hydrogen-bond acceptors (Lipinski definition) is 3. The molecular formula is C8H9BrN2O2. The van der Waals surface area contributed by atoms with E-state index in [4.69, 9.17) is 4.74 Å². The van der Waals surface area contributed by atoms with Crippen molar-refractivity contribution in [1.29, 1.82) is 0 Å². The molecule has 0 saturated heterocycles. The number of ether oxygens (including phenoxy) is 1. The van der Waals surface area contributed by atoms with Gasteiger partial charge in [-0.2, -0.15) is 0 Å².